The molecule has 15 heavy (non-hydrogen) atoms. The van der Waals surface area contributed by atoms with Crippen LogP contribution < -0.4 is 5.73 Å². The first-order chi connectivity index (χ1) is 7.26. The molecule has 3 nitrogen and oxygen atoms in total. The van der Waals surface area contributed by atoms with E-state index in [-0.39, 0.29) is 18.7 Å². The zero-order valence-corrected chi connectivity index (χ0v) is 9.73. The van der Waals surface area contributed by atoms with Crippen molar-refractivity contribution in [3.05, 3.63) is 0 Å². The first-order valence-electron chi connectivity index (χ1n) is 6.36. The molecule has 1 aliphatic carbocycles. The molecule has 2 aliphatic rings. The highest BCUT2D eigenvalue weighted by Gasteiger charge is 2.39. The second-order valence-electron chi connectivity index (χ2n) is 5.23. The van der Waals surface area contributed by atoms with Gasteiger partial charge in [-0.25, -0.2) is 0 Å². The van der Waals surface area contributed by atoms with E-state index in [1.54, 1.807) is 0 Å². The summed E-state index contributed by atoms with van der Waals surface area (Å²) in [6, 6.07) is 0.328. The molecule has 0 spiro atoms. The molecule has 0 aromatic carbocycles. The lowest BCUT2D eigenvalue weighted by Gasteiger charge is -2.31. The van der Waals surface area contributed by atoms with Crippen molar-refractivity contribution in [2.24, 2.45) is 17.6 Å². The van der Waals surface area contributed by atoms with Gasteiger partial charge in [0.25, 0.3) is 0 Å². The molecule has 4 unspecified atom stereocenters. The number of likely N-dealkylation sites (tertiary alicyclic amines) is 1. The SMILES string of the molecule is CCC(N)C(CO)N1CC2CCCC2C1. The van der Waals surface area contributed by atoms with E-state index in [4.69, 9.17) is 5.73 Å². The summed E-state index contributed by atoms with van der Waals surface area (Å²) in [5, 5.41) is 9.43. The third kappa shape index (κ3) is 2.19. The Kier molecular flexibility index (Phi) is 3.65. The first kappa shape index (κ1) is 11.4. The summed E-state index contributed by atoms with van der Waals surface area (Å²) in [6.45, 7) is 4.66. The molecule has 3 heteroatoms. The maximum absolute atomic E-state index is 9.43. The van der Waals surface area contributed by atoms with Crippen LogP contribution >= 0.6 is 0 Å². The number of hydrogen-bond donors (Lipinski definition) is 2. The van der Waals surface area contributed by atoms with E-state index in [0.29, 0.717) is 0 Å². The lowest BCUT2D eigenvalue weighted by molar-refractivity contribution is 0.117. The quantitative estimate of drug-likeness (QED) is 0.725. The monoisotopic (exact) mass is 212 g/mol. The van der Waals surface area contributed by atoms with Crippen LogP contribution in [0.1, 0.15) is 32.6 Å². The van der Waals surface area contributed by atoms with Gasteiger partial charge in [-0.1, -0.05) is 13.3 Å². The van der Waals surface area contributed by atoms with Gasteiger partial charge >= 0.3 is 0 Å². The van der Waals surface area contributed by atoms with Gasteiger partial charge in [0.1, 0.15) is 0 Å². The highest BCUT2D eigenvalue weighted by Crippen LogP contribution is 2.38. The summed E-state index contributed by atoms with van der Waals surface area (Å²) in [5.74, 6) is 1.78. The van der Waals surface area contributed by atoms with Crippen LogP contribution in [0.4, 0.5) is 0 Å². The molecule has 4 atom stereocenters. The lowest BCUT2D eigenvalue weighted by atomic mass is 10.0. The summed E-state index contributed by atoms with van der Waals surface area (Å²) in [6.07, 6.45) is 5.14. The standard InChI is InChI=1S/C12H24N2O/c1-2-11(13)12(8-15)14-6-9-4-3-5-10(9)7-14/h9-12,15H,2-8,13H2,1H3. The van der Waals surface area contributed by atoms with Crippen LogP contribution in [0.15, 0.2) is 0 Å². The van der Waals surface area contributed by atoms with Gasteiger partial charge in [-0.15, -0.1) is 0 Å². The smallest absolute Gasteiger partial charge is 0.0601 e. The number of fused-ring (bicyclic) bond motifs is 1. The molecule has 2 rings (SSSR count). The largest absolute Gasteiger partial charge is 0.395 e. The molecule has 0 aromatic heterocycles. The van der Waals surface area contributed by atoms with Gasteiger partial charge in [0.2, 0.25) is 0 Å². The Bertz CT molecular complexity index is 198. The Labute approximate surface area is 92.6 Å². The minimum Gasteiger partial charge on any atom is -0.395 e. The Morgan fingerprint density at radius 3 is 2.40 bits per heavy atom. The zero-order valence-electron chi connectivity index (χ0n) is 9.73. The van der Waals surface area contributed by atoms with Crippen molar-refractivity contribution in [3.63, 3.8) is 0 Å². The van der Waals surface area contributed by atoms with Crippen LogP contribution in [0.5, 0.6) is 0 Å². The molecule has 3 N–H and O–H groups in total. The van der Waals surface area contributed by atoms with E-state index in [0.717, 1.165) is 18.3 Å². The van der Waals surface area contributed by atoms with Crippen molar-refractivity contribution in [3.8, 4) is 0 Å². The van der Waals surface area contributed by atoms with Crippen molar-refractivity contribution in [1.29, 1.82) is 0 Å². The maximum atomic E-state index is 9.43. The van der Waals surface area contributed by atoms with Gasteiger partial charge in [0.15, 0.2) is 0 Å². The van der Waals surface area contributed by atoms with Gasteiger partial charge in [-0.05, 0) is 31.1 Å². The highest BCUT2D eigenvalue weighted by atomic mass is 16.3. The van der Waals surface area contributed by atoms with Crippen LogP contribution in [-0.4, -0.2) is 41.8 Å². The minimum absolute atomic E-state index is 0.133. The van der Waals surface area contributed by atoms with Gasteiger partial charge in [-0.3, -0.25) is 4.90 Å². The van der Waals surface area contributed by atoms with Crippen LogP contribution in [0.25, 0.3) is 0 Å². The van der Waals surface area contributed by atoms with E-state index in [9.17, 15) is 5.11 Å². The first-order valence-corrected chi connectivity index (χ1v) is 6.36. The molecule has 1 heterocycles. The van der Waals surface area contributed by atoms with Gasteiger partial charge in [-0.2, -0.15) is 0 Å². The highest BCUT2D eigenvalue weighted by molar-refractivity contribution is 4.93. The van der Waals surface area contributed by atoms with Crippen LogP contribution in [0.2, 0.25) is 0 Å². The molecule has 1 saturated heterocycles. The fourth-order valence-electron chi connectivity index (χ4n) is 3.34. The third-order valence-electron chi connectivity index (χ3n) is 4.38. The van der Waals surface area contributed by atoms with E-state index in [2.05, 4.69) is 11.8 Å². The number of aliphatic hydroxyl groups excluding tert-OH is 1. The maximum Gasteiger partial charge on any atom is 0.0601 e. The molecule has 0 aromatic rings. The molecule has 1 aliphatic heterocycles. The predicted octanol–water partition coefficient (Wildman–Crippen LogP) is 0.816. The average Bonchev–Trinajstić information content (AvgIpc) is 2.78. The van der Waals surface area contributed by atoms with Gasteiger partial charge in [0.05, 0.1) is 6.61 Å². The Morgan fingerprint density at radius 2 is 1.93 bits per heavy atom. The van der Waals surface area contributed by atoms with Crippen molar-refractivity contribution < 1.29 is 5.11 Å². The molecule has 0 amide bonds. The second-order valence-corrected chi connectivity index (χ2v) is 5.23. The minimum atomic E-state index is 0.133. The molecule has 0 radical (unpaired) electrons. The van der Waals surface area contributed by atoms with Crippen LogP contribution in [-0.2, 0) is 0 Å². The molecule has 1 saturated carbocycles. The zero-order chi connectivity index (χ0) is 10.8. The van der Waals surface area contributed by atoms with E-state index < -0.39 is 0 Å². The summed E-state index contributed by atoms with van der Waals surface area (Å²) >= 11 is 0. The summed E-state index contributed by atoms with van der Waals surface area (Å²) in [7, 11) is 0. The van der Waals surface area contributed by atoms with E-state index in [1.165, 1.54) is 32.4 Å². The number of rotatable bonds is 4. The fraction of sp³-hybridized carbons (Fsp3) is 1.00. The van der Waals surface area contributed by atoms with Gasteiger partial charge < -0.3 is 10.8 Å². The molecule has 0 bridgehead atoms. The van der Waals surface area contributed by atoms with E-state index in [1.807, 2.05) is 0 Å². The number of aliphatic hydroxyl groups is 1. The Balaban J connectivity index is 1.93. The lowest BCUT2D eigenvalue weighted by Crippen LogP contribution is -2.49. The van der Waals surface area contributed by atoms with Crippen molar-refractivity contribution in [1.82, 2.24) is 4.90 Å². The Hall–Kier alpha value is -0.120. The normalized spacial score (nSPS) is 35.4. The van der Waals surface area contributed by atoms with Crippen LogP contribution in [0.3, 0.4) is 0 Å². The fourth-order valence-corrected chi connectivity index (χ4v) is 3.34. The molecule has 88 valence electrons. The number of hydrogen-bond acceptors (Lipinski definition) is 3. The number of nitrogens with zero attached hydrogens (tertiary/aromatic N) is 1. The summed E-state index contributed by atoms with van der Waals surface area (Å²) in [4.78, 5) is 2.43. The van der Waals surface area contributed by atoms with Gasteiger partial charge in [0, 0.05) is 25.2 Å². The van der Waals surface area contributed by atoms with Crippen molar-refractivity contribution in [2.45, 2.75) is 44.7 Å². The molecular formula is C12H24N2O. The summed E-state index contributed by atoms with van der Waals surface area (Å²) in [5.41, 5.74) is 6.06. The average molecular weight is 212 g/mol. The third-order valence-corrected chi connectivity index (χ3v) is 4.38. The summed E-state index contributed by atoms with van der Waals surface area (Å²) < 4.78 is 0. The predicted molar refractivity (Wildman–Crippen MR) is 61.5 cm³/mol. The second kappa shape index (κ2) is 4.81. The molecule has 2 fully saturated rings. The van der Waals surface area contributed by atoms with Crippen molar-refractivity contribution in [2.75, 3.05) is 19.7 Å². The molecular weight excluding hydrogens is 188 g/mol. The topological polar surface area (TPSA) is 49.5 Å². The Morgan fingerprint density at radius 1 is 1.33 bits per heavy atom. The number of nitrogens with two attached hydrogens (primary N) is 1. The van der Waals surface area contributed by atoms with Crippen molar-refractivity contribution >= 4 is 0 Å². The van der Waals surface area contributed by atoms with E-state index >= 15 is 0 Å². The van der Waals surface area contributed by atoms with Crippen LogP contribution in [0, 0.1) is 11.8 Å².